The molecular weight excluding hydrogens is 200 g/mol. The smallest absolute Gasteiger partial charge is 0.189 e. The maximum absolute atomic E-state index is 11.9. The lowest BCUT2D eigenvalue weighted by Gasteiger charge is -2.19. The highest BCUT2D eigenvalue weighted by Gasteiger charge is 2.15. The number of aromatic nitrogens is 1. The van der Waals surface area contributed by atoms with Crippen LogP contribution < -0.4 is 11.2 Å². The van der Waals surface area contributed by atoms with E-state index >= 15 is 0 Å². The predicted molar refractivity (Wildman–Crippen MR) is 67.7 cm³/mol. The normalized spacial score (nSPS) is 11.9. The number of hydrogen-bond acceptors (Lipinski definition) is 2. The Balaban J connectivity index is 2.79. The first-order valence-electron chi connectivity index (χ1n) is 5.31. The van der Waals surface area contributed by atoms with Crippen LogP contribution in [0.1, 0.15) is 26.5 Å². The number of aromatic amines is 1. The van der Waals surface area contributed by atoms with Crippen LogP contribution in [-0.4, -0.2) is 4.98 Å². The number of pyridine rings is 1. The SMILES string of the molecule is CC(C)(C)c1cc(=O)c2cc(N)ccc2[nH]1. The van der Waals surface area contributed by atoms with E-state index < -0.39 is 0 Å². The van der Waals surface area contributed by atoms with Crippen LogP contribution in [0.3, 0.4) is 0 Å². The summed E-state index contributed by atoms with van der Waals surface area (Å²) in [5, 5.41) is 0.646. The van der Waals surface area contributed by atoms with Gasteiger partial charge in [0.1, 0.15) is 0 Å². The largest absolute Gasteiger partial charge is 0.399 e. The van der Waals surface area contributed by atoms with E-state index in [0.717, 1.165) is 11.2 Å². The minimum atomic E-state index is -0.0608. The summed E-state index contributed by atoms with van der Waals surface area (Å²) in [6.45, 7) is 6.21. The number of hydrogen-bond donors (Lipinski definition) is 2. The van der Waals surface area contributed by atoms with Crippen molar-refractivity contribution in [3.8, 4) is 0 Å². The van der Waals surface area contributed by atoms with Gasteiger partial charge in [-0.1, -0.05) is 20.8 Å². The van der Waals surface area contributed by atoms with Gasteiger partial charge in [-0.05, 0) is 18.2 Å². The molecule has 0 aliphatic carbocycles. The zero-order chi connectivity index (χ0) is 11.9. The first kappa shape index (κ1) is 10.7. The van der Waals surface area contributed by atoms with Crippen molar-refractivity contribution in [1.82, 2.24) is 4.98 Å². The summed E-state index contributed by atoms with van der Waals surface area (Å²) in [5.74, 6) is 0. The van der Waals surface area contributed by atoms with Gasteiger partial charge in [-0.3, -0.25) is 4.79 Å². The number of anilines is 1. The Kier molecular flexibility index (Phi) is 2.26. The zero-order valence-corrected chi connectivity index (χ0v) is 9.79. The van der Waals surface area contributed by atoms with E-state index in [1.54, 1.807) is 18.2 Å². The lowest BCUT2D eigenvalue weighted by atomic mass is 9.91. The molecule has 0 atom stereocenters. The Morgan fingerprint density at radius 3 is 2.50 bits per heavy atom. The molecular formula is C13H16N2O. The zero-order valence-electron chi connectivity index (χ0n) is 9.79. The summed E-state index contributed by atoms with van der Waals surface area (Å²) < 4.78 is 0. The fourth-order valence-corrected chi connectivity index (χ4v) is 1.67. The third kappa shape index (κ3) is 1.81. The lowest BCUT2D eigenvalue weighted by Crippen LogP contribution is -2.17. The van der Waals surface area contributed by atoms with Gasteiger partial charge in [-0.15, -0.1) is 0 Å². The first-order valence-corrected chi connectivity index (χ1v) is 5.31. The Bertz CT molecular complexity index is 591. The Hall–Kier alpha value is -1.77. The molecule has 2 aromatic rings. The summed E-state index contributed by atoms with van der Waals surface area (Å²) in [6.07, 6.45) is 0. The van der Waals surface area contributed by atoms with Crippen LogP contribution in [0, 0.1) is 0 Å². The second-order valence-electron chi connectivity index (χ2n) is 5.10. The highest BCUT2D eigenvalue weighted by molar-refractivity contribution is 5.81. The molecule has 1 aromatic carbocycles. The number of fused-ring (bicyclic) bond motifs is 1. The molecule has 0 unspecified atom stereocenters. The van der Waals surface area contributed by atoms with Gasteiger partial charge < -0.3 is 10.7 Å². The molecule has 1 aromatic heterocycles. The minimum Gasteiger partial charge on any atom is -0.399 e. The van der Waals surface area contributed by atoms with Crippen molar-refractivity contribution in [2.75, 3.05) is 5.73 Å². The molecule has 0 radical (unpaired) electrons. The minimum absolute atomic E-state index is 0.0194. The summed E-state index contributed by atoms with van der Waals surface area (Å²) >= 11 is 0. The van der Waals surface area contributed by atoms with E-state index in [1.165, 1.54) is 0 Å². The van der Waals surface area contributed by atoms with Crippen molar-refractivity contribution in [2.24, 2.45) is 0 Å². The van der Waals surface area contributed by atoms with Gasteiger partial charge in [-0.25, -0.2) is 0 Å². The van der Waals surface area contributed by atoms with Gasteiger partial charge in [-0.2, -0.15) is 0 Å². The van der Waals surface area contributed by atoms with Crippen molar-refractivity contribution < 1.29 is 0 Å². The number of benzene rings is 1. The molecule has 0 aliphatic heterocycles. The average Bonchev–Trinajstić information content (AvgIpc) is 2.17. The molecule has 0 saturated heterocycles. The molecule has 0 aliphatic rings. The van der Waals surface area contributed by atoms with Gasteiger partial charge >= 0.3 is 0 Å². The monoisotopic (exact) mass is 216 g/mol. The van der Waals surface area contributed by atoms with Crippen LogP contribution in [-0.2, 0) is 5.41 Å². The maximum atomic E-state index is 11.9. The van der Waals surface area contributed by atoms with Crippen LogP contribution in [0.4, 0.5) is 5.69 Å². The number of nitrogen functional groups attached to an aromatic ring is 1. The molecule has 0 fully saturated rings. The molecule has 3 N–H and O–H groups in total. The summed E-state index contributed by atoms with van der Waals surface area (Å²) in [4.78, 5) is 15.2. The van der Waals surface area contributed by atoms with E-state index in [-0.39, 0.29) is 10.8 Å². The van der Waals surface area contributed by atoms with Gasteiger partial charge in [0.2, 0.25) is 0 Å². The topological polar surface area (TPSA) is 58.9 Å². The van der Waals surface area contributed by atoms with Crippen molar-refractivity contribution in [1.29, 1.82) is 0 Å². The maximum Gasteiger partial charge on any atom is 0.189 e. The molecule has 0 bridgehead atoms. The summed E-state index contributed by atoms with van der Waals surface area (Å²) in [5.41, 5.74) is 8.01. The van der Waals surface area contributed by atoms with Crippen LogP contribution in [0.25, 0.3) is 10.9 Å². The number of H-pyrrole nitrogens is 1. The fourth-order valence-electron chi connectivity index (χ4n) is 1.67. The van der Waals surface area contributed by atoms with E-state index in [4.69, 9.17) is 5.73 Å². The molecule has 84 valence electrons. The predicted octanol–water partition coefficient (Wildman–Crippen LogP) is 2.41. The van der Waals surface area contributed by atoms with E-state index in [1.807, 2.05) is 6.07 Å². The van der Waals surface area contributed by atoms with Gasteiger partial charge in [0.15, 0.2) is 5.43 Å². The third-order valence-electron chi connectivity index (χ3n) is 2.66. The van der Waals surface area contributed by atoms with E-state index in [0.29, 0.717) is 11.1 Å². The van der Waals surface area contributed by atoms with Crippen molar-refractivity contribution in [3.63, 3.8) is 0 Å². The quantitative estimate of drug-likeness (QED) is 0.664. The number of nitrogens with two attached hydrogens (primary N) is 1. The first-order chi connectivity index (χ1) is 7.38. The van der Waals surface area contributed by atoms with Crippen LogP contribution in [0.15, 0.2) is 29.1 Å². The number of rotatable bonds is 0. The Morgan fingerprint density at radius 1 is 1.19 bits per heavy atom. The standard InChI is InChI=1S/C13H16N2O/c1-13(2,3)12-7-11(16)9-6-8(14)4-5-10(9)15-12/h4-7H,14H2,1-3H3,(H,15,16). The number of nitrogens with one attached hydrogen (secondary N) is 1. The Morgan fingerprint density at radius 2 is 1.88 bits per heavy atom. The molecule has 0 amide bonds. The Labute approximate surface area is 94.3 Å². The molecule has 16 heavy (non-hydrogen) atoms. The summed E-state index contributed by atoms with van der Waals surface area (Å²) in [6, 6.07) is 7.01. The molecule has 0 saturated carbocycles. The summed E-state index contributed by atoms with van der Waals surface area (Å²) in [7, 11) is 0. The van der Waals surface area contributed by atoms with Gasteiger partial charge in [0.25, 0.3) is 0 Å². The second-order valence-corrected chi connectivity index (χ2v) is 5.10. The molecule has 3 heteroatoms. The fraction of sp³-hybridized carbons (Fsp3) is 0.308. The van der Waals surface area contributed by atoms with Gasteiger partial charge in [0.05, 0.1) is 0 Å². The van der Waals surface area contributed by atoms with Crippen LogP contribution in [0.5, 0.6) is 0 Å². The van der Waals surface area contributed by atoms with Gasteiger partial charge in [0, 0.05) is 33.8 Å². The van der Waals surface area contributed by atoms with Crippen LogP contribution in [0.2, 0.25) is 0 Å². The van der Waals surface area contributed by atoms with Crippen molar-refractivity contribution in [2.45, 2.75) is 26.2 Å². The highest BCUT2D eigenvalue weighted by Crippen LogP contribution is 2.21. The molecule has 0 spiro atoms. The molecule has 1 heterocycles. The van der Waals surface area contributed by atoms with Crippen LogP contribution >= 0.6 is 0 Å². The van der Waals surface area contributed by atoms with Crippen molar-refractivity contribution in [3.05, 3.63) is 40.2 Å². The highest BCUT2D eigenvalue weighted by atomic mass is 16.1. The lowest BCUT2D eigenvalue weighted by molar-refractivity contribution is 0.571. The molecule has 2 rings (SSSR count). The molecule has 3 nitrogen and oxygen atoms in total. The second kappa shape index (κ2) is 3.37. The average molecular weight is 216 g/mol. The third-order valence-corrected chi connectivity index (χ3v) is 2.66. The van der Waals surface area contributed by atoms with Crippen molar-refractivity contribution >= 4 is 16.6 Å². The van der Waals surface area contributed by atoms with E-state index in [9.17, 15) is 4.79 Å². The van der Waals surface area contributed by atoms with E-state index in [2.05, 4.69) is 25.8 Å².